The van der Waals surface area contributed by atoms with Crippen LogP contribution in [0.5, 0.6) is 11.5 Å². The molecule has 0 unspecified atom stereocenters. The minimum atomic E-state index is -3.46. The van der Waals surface area contributed by atoms with Crippen molar-refractivity contribution >= 4 is 9.84 Å². The second kappa shape index (κ2) is 7.21. The molecule has 26 heavy (non-hydrogen) atoms. The summed E-state index contributed by atoms with van der Waals surface area (Å²) in [5.74, 6) is 1.42. The Balaban J connectivity index is 2.16. The van der Waals surface area contributed by atoms with E-state index in [4.69, 9.17) is 9.47 Å². The van der Waals surface area contributed by atoms with Crippen molar-refractivity contribution in [3.05, 3.63) is 48.5 Å². The van der Waals surface area contributed by atoms with Crippen LogP contribution in [0.3, 0.4) is 0 Å². The van der Waals surface area contributed by atoms with E-state index in [9.17, 15) is 8.42 Å². The van der Waals surface area contributed by atoms with E-state index < -0.39 is 9.84 Å². The molecule has 0 fully saturated rings. The number of rotatable bonds is 6. The summed E-state index contributed by atoms with van der Waals surface area (Å²) in [7, 11) is -0.265. The molecule has 6 nitrogen and oxygen atoms in total. The van der Waals surface area contributed by atoms with Crippen LogP contribution in [0.1, 0.15) is 6.92 Å². The van der Waals surface area contributed by atoms with Gasteiger partial charge in [-0.15, -0.1) is 0 Å². The average Bonchev–Trinajstić information content (AvgIpc) is 3.14. The molecule has 3 aromatic rings. The molecule has 1 aromatic heterocycles. The zero-order chi connectivity index (χ0) is 18.7. The minimum Gasteiger partial charge on any atom is -0.497 e. The molecule has 0 spiro atoms. The van der Waals surface area contributed by atoms with Crippen molar-refractivity contribution in [3.63, 3.8) is 0 Å². The van der Waals surface area contributed by atoms with E-state index in [2.05, 4.69) is 9.97 Å². The molecule has 0 aliphatic carbocycles. The van der Waals surface area contributed by atoms with Gasteiger partial charge in [0.1, 0.15) is 11.5 Å². The third kappa shape index (κ3) is 3.43. The second-order valence-corrected chi connectivity index (χ2v) is 7.82. The first kappa shape index (κ1) is 18.0. The first-order valence-corrected chi connectivity index (χ1v) is 9.75. The van der Waals surface area contributed by atoms with Gasteiger partial charge in [-0.05, 0) is 48.5 Å². The largest absolute Gasteiger partial charge is 0.497 e. The van der Waals surface area contributed by atoms with Crippen molar-refractivity contribution in [2.24, 2.45) is 0 Å². The lowest BCUT2D eigenvalue weighted by molar-refractivity contribution is 0.414. The van der Waals surface area contributed by atoms with E-state index in [0.717, 1.165) is 22.6 Å². The zero-order valence-corrected chi connectivity index (χ0v) is 15.6. The van der Waals surface area contributed by atoms with Crippen LogP contribution in [0.15, 0.2) is 53.7 Å². The number of ether oxygens (including phenoxy) is 2. The fourth-order valence-electron chi connectivity index (χ4n) is 2.56. The Labute approximate surface area is 152 Å². The molecular formula is C19H20N2O4S. The van der Waals surface area contributed by atoms with Gasteiger partial charge < -0.3 is 14.5 Å². The normalized spacial score (nSPS) is 11.3. The highest BCUT2D eigenvalue weighted by Gasteiger charge is 2.21. The molecule has 0 amide bonds. The van der Waals surface area contributed by atoms with Gasteiger partial charge in [-0.2, -0.15) is 0 Å². The van der Waals surface area contributed by atoms with Gasteiger partial charge in [0.25, 0.3) is 0 Å². The van der Waals surface area contributed by atoms with Crippen molar-refractivity contribution in [1.29, 1.82) is 0 Å². The number of sulfone groups is 1. The molecule has 1 N–H and O–H groups in total. The highest BCUT2D eigenvalue weighted by atomic mass is 32.2. The first-order chi connectivity index (χ1) is 12.5. The number of imidazole rings is 1. The van der Waals surface area contributed by atoms with Crippen molar-refractivity contribution in [2.45, 2.75) is 12.1 Å². The Bertz CT molecular complexity index is 926. The Morgan fingerprint density at radius 3 is 1.85 bits per heavy atom. The SMILES string of the molecule is CCS(=O)(=O)c1nc(-c2ccc(OC)cc2)c(-c2ccc(OC)cc2)[nH]1. The van der Waals surface area contributed by atoms with E-state index in [1.807, 2.05) is 48.5 Å². The molecule has 1 heterocycles. The number of H-pyrrole nitrogens is 1. The topological polar surface area (TPSA) is 81.3 Å². The standard InChI is InChI=1S/C19H20N2O4S/c1-4-26(22,23)19-20-17(13-5-9-15(24-2)10-6-13)18(21-19)14-7-11-16(25-3)12-8-14/h5-12H,4H2,1-3H3,(H,20,21). The van der Waals surface area contributed by atoms with Crippen molar-refractivity contribution in [1.82, 2.24) is 9.97 Å². The Kier molecular flexibility index (Phi) is 4.99. The maximum absolute atomic E-state index is 12.3. The number of hydrogen-bond donors (Lipinski definition) is 1. The molecule has 136 valence electrons. The summed E-state index contributed by atoms with van der Waals surface area (Å²) in [5.41, 5.74) is 2.83. The van der Waals surface area contributed by atoms with Gasteiger partial charge in [-0.1, -0.05) is 6.92 Å². The monoisotopic (exact) mass is 372 g/mol. The fourth-order valence-corrected chi connectivity index (χ4v) is 3.32. The summed E-state index contributed by atoms with van der Waals surface area (Å²) in [6.45, 7) is 1.60. The first-order valence-electron chi connectivity index (χ1n) is 8.10. The Hall–Kier alpha value is -2.80. The number of methoxy groups -OCH3 is 2. The van der Waals surface area contributed by atoms with E-state index in [1.54, 1.807) is 21.1 Å². The lowest BCUT2D eigenvalue weighted by atomic mass is 10.0. The summed E-state index contributed by atoms with van der Waals surface area (Å²) in [6.07, 6.45) is 0. The molecule has 2 aromatic carbocycles. The van der Waals surface area contributed by atoms with Crippen LogP contribution in [-0.2, 0) is 9.84 Å². The predicted octanol–water partition coefficient (Wildman–Crippen LogP) is 3.55. The van der Waals surface area contributed by atoms with Crippen LogP contribution < -0.4 is 9.47 Å². The maximum Gasteiger partial charge on any atom is 0.226 e. The molecule has 3 rings (SSSR count). The molecule has 0 bridgehead atoms. The smallest absolute Gasteiger partial charge is 0.226 e. The summed E-state index contributed by atoms with van der Waals surface area (Å²) in [6, 6.07) is 14.7. The van der Waals surface area contributed by atoms with E-state index in [0.29, 0.717) is 11.4 Å². The molecular weight excluding hydrogens is 352 g/mol. The summed E-state index contributed by atoms with van der Waals surface area (Å²) < 4.78 is 35.0. The number of aromatic amines is 1. The number of nitrogens with zero attached hydrogens (tertiary/aromatic N) is 1. The third-order valence-corrected chi connectivity index (χ3v) is 5.64. The van der Waals surface area contributed by atoms with Gasteiger partial charge in [-0.25, -0.2) is 13.4 Å². The van der Waals surface area contributed by atoms with Crippen molar-refractivity contribution in [2.75, 3.05) is 20.0 Å². The van der Waals surface area contributed by atoms with Gasteiger partial charge in [-0.3, -0.25) is 0 Å². The summed E-state index contributed by atoms with van der Waals surface area (Å²) >= 11 is 0. The maximum atomic E-state index is 12.3. The average molecular weight is 372 g/mol. The number of benzene rings is 2. The minimum absolute atomic E-state index is 0.0232. The van der Waals surface area contributed by atoms with Crippen LogP contribution in [0.2, 0.25) is 0 Å². The molecule has 0 saturated heterocycles. The third-order valence-electron chi connectivity index (χ3n) is 4.10. The van der Waals surface area contributed by atoms with E-state index in [1.165, 1.54) is 0 Å². The summed E-state index contributed by atoms with van der Waals surface area (Å²) in [4.78, 5) is 7.36. The molecule has 0 aliphatic rings. The number of aromatic nitrogens is 2. The van der Waals surface area contributed by atoms with E-state index >= 15 is 0 Å². The van der Waals surface area contributed by atoms with Crippen molar-refractivity contribution in [3.8, 4) is 34.0 Å². The van der Waals surface area contributed by atoms with Gasteiger partial charge in [0.2, 0.25) is 15.0 Å². The lowest BCUT2D eigenvalue weighted by Gasteiger charge is -2.06. The van der Waals surface area contributed by atoms with Gasteiger partial charge in [0, 0.05) is 11.1 Å². The highest BCUT2D eigenvalue weighted by molar-refractivity contribution is 7.91. The predicted molar refractivity (Wildman–Crippen MR) is 100 cm³/mol. The molecule has 0 radical (unpaired) electrons. The molecule has 7 heteroatoms. The van der Waals surface area contributed by atoms with Crippen LogP contribution >= 0.6 is 0 Å². The quantitative estimate of drug-likeness (QED) is 0.715. The van der Waals surface area contributed by atoms with Gasteiger partial charge in [0.15, 0.2) is 0 Å². The Morgan fingerprint density at radius 2 is 1.38 bits per heavy atom. The van der Waals surface area contributed by atoms with Crippen LogP contribution in [-0.4, -0.2) is 38.4 Å². The van der Waals surface area contributed by atoms with E-state index in [-0.39, 0.29) is 10.9 Å². The zero-order valence-electron chi connectivity index (χ0n) is 14.8. The highest BCUT2D eigenvalue weighted by Crippen LogP contribution is 2.33. The van der Waals surface area contributed by atoms with Gasteiger partial charge >= 0.3 is 0 Å². The van der Waals surface area contributed by atoms with Crippen molar-refractivity contribution < 1.29 is 17.9 Å². The second-order valence-electron chi connectivity index (χ2n) is 5.63. The van der Waals surface area contributed by atoms with Crippen LogP contribution in [0.25, 0.3) is 22.5 Å². The molecule has 0 saturated carbocycles. The van der Waals surface area contributed by atoms with Crippen LogP contribution in [0.4, 0.5) is 0 Å². The molecule has 0 atom stereocenters. The molecule has 0 aliphatic heterocycles. The fraction of sp³-hybridized carbons (Fsp3) is 0.211. The van der Waals surface area contributed by atoms with Crippen LogP contribution in [0, 0.1) is 0 Å². The number of hydrogen-bond acceptors (Lipinski definition) is 5. The summed E-state index contributed by atoms with van der Waals surface area (Å²) in [5, 5.41) is -0.0309. The number of nitrogens with one attached hydrogen (secondary N) is 1. The Morgan fingerprint density at radius 1 is 0.885 bits per heavy atom. The lowest BCUT2D eigenvalue weighted by Crippen LogP contribution is -2.05. The van der Waals surface area contributed by atoms with Gasteiger partial charge in [0.05, 0.1) is 31.4 Å².